The largest absolute Gasteiger partial charge is 0.364 e. The van der Waals surface area contributed by atoms with Gasteiger partial charge in [-0.15, -0.1) is 0 Å². The highest BCUT2D eigenvalue weighted by Gasteiger charge is 2.30. The van der Waals surface area contributed by atoms with Gasteiger partial charge in [0.15, 0.2) is 0 Å². The normalized spacial score (nSPS) is 24.7. The van der Waals surface area contributed by atoms with E-state index >= 15 is 0 Å². The molecule has 1 aromatic carbocycles. The number of nitrogens with one attached hydrogen (secondary N) is 1. The molecule has 1 saturated heterocycles. The van der Waals surface area contributed by atoms with E-state index in [1.54, 1.807) is 12.1 Å². The molecular formula is C15H24FN3. The Bertz CT molecular complexity index is 410. The lowest BCUT2D eigenvalue weighted by atomic mass is 10.0. The van der Waals surface area contributed by atoms with Crippen molar-refractivity contribution >= 4 is 5.69 Å². The quantitative estimate of drug-likeness (QED) is 0.897. The molecule has 3 nitrogen and oxygen atoms in total. The highest BCUT2D eigenvalue weighted by molar-refractivity contribution is 5.49. The third-order valence-corrected chi connectivity index (χ3v) is 4.00. The molecule has 0 saturated carbocycles. The molecule has 2 atom stereocenters. The molecule has 1 N–H and O–H groups in total. The summed E-state index contributed by atoms with van der Waals surface area (Å²) in [5.74, 6) is -0.119. The first-order valence-electron chi connectivity index (χ1n) is 6.99. The van der Waals surface area contributed by atoms with Crippen molar-refractivity contribution in [1.29, 1.82) is 0 Å². The molecule has 1 aliphatic rings. The minimum Gasteiger partial charge on any atom is -0.364 e. The van der Waals surface area contributed by atoms with E-state index in [0.29, 0.717) is 12.1 Å². The van der Waals surface area contributed by atoms with Crippen LogP contribution in [0.1, 0.15) is 13.3 Å². The number of hydrogen-bond acceptors (Lipinski definition) is 3. The summed E-state index contributed by atoms with van der Waals surface area (Å²) in [5.41, 5.74) is 0.734. The molecule has 106 valence electrons. The zero-order valence-corrected chi connectivity index (χ0v) is 12.1. The average Bonchev–Trinajstić information content (AvgIpc) is 2.39. The van der Waals surface area contributed by atoms with E-state index in [-0.39, 0.29) is 5.82 Å². The number of nitrogens with zero attached hydrogens (tertiary/aromatic N) is 2. The highest BCUT2D eigenvalue weighted by atomic mass is 19.1. The number of benzene rings is 1. The first-order chi connectivity index (χ1) is 9.13. The summed E-state index contributed by atoms with van der Waals surface area (Å²) in [6.45, 7) is 5.02. The van der Waals surface area contributed by atoms with Crippen LogP contribution >= 0.6 is 0 Å². The fourth-order valence-electron chi connectivity index (χ4n) is 2.85. The maximum atomic E-state index is 14.0. The summed E-state index contributed by atoms with van der Waals surface area (Å²) in [4.78, 5) is 4.59. The number of hydrogen-bond donors (Lipinski definition) is 1. The molecule has 0 amide bonds. The lowest BCUT2D eigenvalue weighted by molar-refractivity contribution is 0.182. The van der Waals surface area contributed by atoms with Crippen LogP contribution in [0, 0.1) is 5.82 Å². The van der Waals surface area contributed by atoms with Gasteiger partial charge in [0.1, 0.15) is 5.82 Å². The molecule has 0 bridgehead atoms. The monoisotopic (exact) mass is 265 g/mol. The van der Waals surface area contributed by atoms with Gasteiger partial charge in [0.2, 0.25) is 0 Å². The van der Waals surface area contributed by atoms with Gasteiger partial charge < -0.3 is 10.2 Å². The Hall–Kier alpha value is -1.13. The molecule has 1 fully saturated rings. The predicted molar refractivity (Wildman–Crippen MR) is 78.2 cm³/mol. The van der Waals surface area contributed by atoms with Crippen molar-refractivity contribution in [2.75, 3.05) is 38.6 Å². The molecule has 0 radical (unpaired) electrons. The van der Waals surface area contributed by atoms with Crippen LogP contribution in [0.4, 0.5) is 10.1 Å². The Morgan fingerprint density at radius 2 is 2.05 bits per heavy atom. The van der Waals surface area contributed by atoms with Crippen LogP contribution in [0.15, 0.2) is 24.3 Å². The van der Waals surface area contributed by atoms with Gasteiger partial charge >= 0.3 is 0 Å². The third kappa shape index (κ3) is 3.25. The van der Waals surface area contributed by atoms with E-state index in [4.69, 9.17) is 0 Å². The van der Waals surface area contributed by atoms with Gasteiger partial charge in [0.25, 0.3) is 0 Å². The average molecular weight is 265 g/mol. The van der Waals surface area contributed by atoms with Crippen molar-refractivity contribution in [3.05, 3.63) is 30.1 Å². The summed E-state index contributed by atoms with van der Waals surface area (Å²) in [5, 5.41) is 3.19. The fraction of sp³-hybridized carbons (Fsp3) is 0.600. The first kappa shape index (κ1) is 14.3. The van der Waals surface area contributed by atoms with Crippen LogP contribution in [0.25, 0.3) is 0 Å². The van der Waals surface area contributed by atoms with Crippen molar-refractivity contribution in [2.45, 2.75) is 25.4 Å². The van der Waals surface area contributed by atoms with E-state index in [1.807, 2.05) is 19.2 Å². The van der Waals surface area contributed by atoms with Gasteiger partial charge in [-0.2, -0.15) is 0 Å². The Morgan fingerprint density at radius 1 is 1.32 bits per heavy atom. The standard InChI is InChI=1S/C15H24FN3/c1-12-10-18(3)13(8-9-17-2)11-19(12)15-7-5-4-6-14(15)16/h4-7,12-13,17H,8-11H2,1-3H3. The van der Waals surface area contributed by atoms with Crippen molar-refractivity contribution < 1.29 is 4.39 Å². The Kier molecular flexibility index (Phi) is 4.77. The van der Waals surface area contributed by atoms with Gasteiger partial charge in [-0.1, -0.05) is 12.1 Å². The smallest absolute Gasteiger partial charge is 0.146 e. The van der Waals surface area contributed by atoms with Gasteiger partial charge in [-0.25, -0.2) is 4.39 Å². The number of rotatable bonds is 4. The predicted octanol–water partition coefficient (Wildman–Crippen LogP) is 1.94. The number of piperazine rings is 1. The second kappa shape index (κ2) is 6.35. The second-order valence-electron chi connectivity index (χ2n) is 5.44. The Balaban J connectivity index is 2.13. The molecule has 2 unspecified atom stereocenters. The summed E-state index contributed by atoms with van der Waals surface area (Å²) >= 11 is 0. The van der Waals surface area contributed by atoms with Gasteiger partial charge in [-0.05, 0) is 46.1 Å². The van der Waals surface area contributed by atoms with E-state index in [9.17, 15) is 4.39 Å². The molecule has 1 aromatic rings. The summed E-state index contributed by atoms with van der Waals surface area (Å²) in [6.07, 6.45) is 1.09. The fourth-order valence-corrected chi connectivity index (χ4v) is 2.85. The summed E-state index contributed by atoms with van der Waals surface area (Å²) in [7, 11) is 4.13. The van der Waals surface area contributed by atoms with Crippen LogP contribution < -0.4 is 10.2 Å². The highest BCUT2D eigenvalue weighted by Crippen LogP contribution is 2.25. The van der Waals surface area contributed by atoms with Crippen molar-refractivity contribution in [1.82, 2.24) is 10.2 Å². The number of anilines is 1. The summed E-state index contributed by atoms with van der Waals surface area (Å²) in [6, 6.07) is 7.90. The molecular weight excluding hydrogens is 241 g/mol. The topological polar surface area (TPSA) is 18.5 Å². The Labute approximate surface area is 115 Å². The van der Waals surface area contributed by atoms with Gasteiger partial charge in [0, 0.05) is 25.2 Å². The molecule has 19 heavy (non-hydrogen) atoms. The maximum Gasteiger partial charge on any atom is 0.146 e. The molecule has 4 heteroatoms. The van der Waals surface area contributed by atoms with E-state index in [2.05, 4.69) is 29.1 Å². The molecule has 2 rings (SSSR count). The molecule has 0 aliphatic carbocycles. The van der Waals surface area contributed by atoms with E-state index < -0.39 is 0 Å². The Morgan fingerprint density at radius 3 is 2.74 bits per heavy atom. The van der Waals surface area contributed by atoms with Crippen LogP contribution in [-0.4, -0.2) is 50.7 Å². The van der Waals surface area contributed by atoms with Crippen molar-refractivity contribution in [3.63, 3.8) is 0 Å². The number of para-hydroxylation sites is 1. The second-order valence-corrected chi connectivity index (χ2v) is 5.44. The van der Waals surface area contributed by atoms with Gasteiger partial charge in [-0.3, -0.25) is 4.90 Å². The van der Waals surface area contributed by atoms with E-state index in [1.165, 1.54) is 0 Å². The zero-order valence-electron chi connectivity index (χ0n) is 12.1. The lowest BCUT2D eigenvalue weighted by Gasteiger charge is -2.45. The van der Waals surface area contributed by atoms with E-state index in [0.717, 1.165) is 31.7 Å². The summed E-state index contributed by atoms with van der Waals surface area (Å²) < 4.78 is 14.0. The number of halogens is 1. The molecule has 0 aromatic heterocycles. The van der Waals surface area contributed by atoms with Crippen LogP contribution in [0.3, 0.4) is 0 Å². The van der Waals surface area contributed by atoms with Crippen LogP contribution in [0.2, 0.25) is 0 Å². The maximum absolute atomic E-state index is 14.0. The van der Waals surface area contributed by atoms with Crippen LogP contribution in [0.5, 0.6) is 0 Å². The third-order valence-electron chi connectivity index (χ3n) is 4.00. The molecule has 0 spiro atoms. The van der Waals surface area contributed by atoms with Gasteiger partial charge in [0.05, 0.1) is 5.69 Å². The first-order valence-corrected chi connectivity index (χ1v) is 6.99. The lowest BCUT2D eigenvalue weighted by Crippen LogP contribution is -2.56. The minimum absolute atomic E-state index is 0.119. The molecule has 1 heterocycles. The zero-order chi connectivity index (χ0) is 13.8. The number of likely N-dealkylation sites (N-methyl/N-ethyl adjacent to an activating group) is 1. The molecule has 1 aliphatic heterocycles. The van der Waals surface area contributed by atoms with Crippen LogP contribution in [-0.2, 0) is 0 Å². The minimum atomic E-state index is -0.119. The van der Waals surface area contributed by atoms with Crippen molar-refractivity contribution in [3.8, 4) is 0 Å². The van der Waals surface area contributed by atoms with Crippen molar-refractivity contribution in [2.24, 2.45) is 0 Å². The SMILES string of the molecule is CNCCC1CN(c2ccccc2F)C(C)CN1C.